The van der Waals surface area contributed by atoms with Crippen molar-refractivity contribution in [1.82, 2.24) is 0 Å². The van der Waals surface area contributed by atoms with Gasteiger partial charge in [0, 0.05) is 18.7 Å². The molecule has 0 atom stereocenters. The summed E-state index contributed by atoms with van der Waals surface area (Å²) in [5.74, 6) is -0.112. The second kappa shape index (κ2) is 5.64. The van der Waals surface area contributed by atoms with Gasteiger partial charge in [-0.3, -0.25) is 4.79 Å². The number of nitrogens with one attached hydrogen (secondary N) is 1. The van der Waals surface area contributed by atoms with Crippen LogP contribution in [-0.2, 0) is 22.4 Å². The number of aryl methyl sites for hydroxylation is 1. The van der Waals surface area contributed by atoms with Gasteiger partial charge in [-0.15, -0.1) is 0 Å². The summed E-state index contributed by atoms with van der Waals surface area (Å²) in [6.45, 7) is 7.86. The summed E-state index contributed by atoms with van der Waals surface area (Å²) in [5.41, 5.74) is 4.11. The van der Waals surface area contributed by atoms with Crippen LogP contribution in [0.25, 0.3) is 0 Å². The highest BCUT2D eigenvalue weighted by Crippen LogP contribution is 2.32. The third-order valence-electron chi connectivity index (χ3n) is 3.52. The molecular formula is C16H23NO2. The molecule has 1 aliphatic rings. The molecule has 0 saturated heterocycles. The number of hydrogen-bond donors (Lipinski definition) is 1. The molecule has 3 heteroatoms. The number of anilines is 1. The highest BCUT2D eigenvalue weighted by Gasteiger charge is 2.24. The van der Waals surface area contributed by atoms with Gasteiger partial charge in [0.2, 0.25) is 0 Å². The second-order valence-electron chi connectivity index (χ2n) is 5.99. The average Bonchev–Trinajstić information content (AvgIpc) is 2.35. The van der Waals surface area contributed by atoms with Crippen molar-refractivity contribution >= 4 is 11.7 Å². The molecule has 1 aromatic carbocycles. The molecule has 0 radical (unpaired) electrons. The van der Waals surface area contributed by atoms with Gasteiger partial charge >= 0.3 is 5.97 Å². The third kappa shape index (κ3) is 3.72. The van der Waals surface area contributed by atoms with Crippen molar-refractivity contribution < 1.29 is 9.53 Å². The van der Waals surface area contributed by atoms with Crippen LogP contribution in [0.4, 0.5) is 5.69 Å². The fourth-order valence-corrected chi connectivity index (χ4v) is 2.51. The minimum absolute atomic E-state index is 0.112. The number of esters is 1. The number of carbonyl (C=O) groups excluding carboxylic acids is 1. The number of carbonyl (C=O) groups is 1. The molecule has 104 valence electrons. The van der Waals surface area contributed by atoms with E-state index in [4.69, 9.17) is 4.74 Å². The highest BCUT2D eigenvalue weighted by atomic mass is 16.5. The van der Waals surface area contributed by atoms with E-state index in [0.717, 1.165) is 19.4 Å². The Labute approximate surface area is 115 Å². The summed E-state index contributed by atoms with van der Waals surface area (Å²) < 4.78 is 4.96. The van der Waals surface area contributed by atoms with Gasteiger partial charge in [0.05, 0.1) is 6.61 Å². The van der Waals surface area contributed by atoms with Crippen LogP contribution >= 0.6 is 0 Å². The lowest BCUT2D eigenvalue weighted by atomic mass is 9.81. The van der Waals surface area contributed by atoms with Crippen LogP contribution in [0.5, 0.6) is 0 Å². The van der Waals surface area contributed by atoms with Gasteiger partial charge in [-0.2, -0.15) is 0 Å². The Hall–Kier alpha value is -1.51. The first-order chi connectivity index (χ1) is 9.00. The van der Waals surface area contributed by atoms with E-state index in [1.165, 1.54) is 16.8 Å². The molecule has 0 unspecified atom stereocenters. The zero-order valence-corrected chi connectivity index (χ0v) is 12.1. The average molecular weight is 261 g/mol. The Morgan fingerprint density at radius 3 is 2.95 bits per heavy atom. The molecule has 1 aromatic rings. The molecule has 0 saturated carbocycles. The molecule has 0 fully saturated rings. The highest BCUT2D eigenvalue weighted by molar-refractivity contribution is 5.69. The predicted octanol–water partition coefficient (Wildman–Crippen LogP) is 3.18. The monoisotopic (exact) mass is 261 g/mol. The first-order valence-electron chi connectivity index (χ1n) is 7.01. The lowest BCUT2D eigenvalue weighted by molar-refractivity contribution is -0.143. The third-order valence-corrected chi connectivity index (χ3v) is 3.52. The largest absolute Gasteiger partial charge is 0.466 e. The Bertz CT molecular complexity index is 466. The fourth-order valence-electron chi connectivity index (χ4n) is 2.51. The lowest BCUT2D eigenvalue weighted by Gasteiger charge is -2.32. The van der Waals surface area contributed by atoms with Crippen LogP contribution in [0.15, 0.2) is 18.2 Å². The molecule has 1 aliphatic heterocycles. The Kier molecular flexibility index (Phi) is 4.13. The van der Waals surface area contributed by atoms with Gasteiger partial charge in [0.1, 0.15) is 0 Å². The van der Waals surface area contributed by atoms with Gasteiger partial charge in [-0.25, -0.2) is 0 Å². The first-order valence-corrected chi connectivity index (χ1v) is 7.01. The van der Waals surface area contributed by atoms with E-state index >= 15 is 0 Å². The van der Waals surface area contributed by atoms with E-state index in [2.05, 4.69) is 37.4 Å². The second-order valence-corrected chi connectivity index (χ2v) is 5.99. The Balaban J connectivity index is 2.02. The van der Waals surface area contributed by atoms with E-state index in [1.807, 2.05) is 6.92 Å². The maximum absolute atomic E-state index is 11.4. The summed E-state index contributed by atoms with van der Waals surface area (Å²) >= 11 is 0. The van der Waals surface area contributed by atoms with Crippen molar-refractivity contribution in [3.8, 4) is 0 Å². The van der Waals surface area contributed by atoms with Gasteiger partial charge < -0.3 is 10.1 Å². The molecule has 0 bridgehead atoms. The molecule has 0 aliphatic carbocycles. The van der Waals surface area contributed by atoms with E-state index < -0.39 is 0 Å². The Morgan fingerprint density at radius 1 is 1.42 bits per heavy atom. The van der Waals surface area contributed by atoms with Crippen LogP contribution in [0.1, 0.15) is 38.3 Å². The molecule has 1 N–H and O–H groups in total. The first kappa shape index (κ1) is 13.9. The quantitative estimate of drug-likeness (QED) is 0.846. The van der Waals surface area contributed by atoms with Gasteiger partial charge in [-0.1, -0.05) is 26.0 Å². The summed E-state index contributed by atoms with van der Waals surface area (Å²) in [5, 5.41) is 3.47. The molecule has 0 aromatic heterocycles. The molecule has 19 heavy (non-hydrogen) atoms. The zero-order chi connectivity index (χ0) is 13.9. The number of benzene rings is 1. The molecule has 1 heterocycles. The van der Waals surface area contributed by atoms with Crippen molar-refractivity contribution in [1.29, 1.82) is 0 Å². The van der Waals surface area contributed by atoms with Crippen LogP contribution < -0.4 is 5.32 Å². The zero-order valence-electron chi connectivity index (χ0n) is 12.1. The summed E-state index contributed by atoms with van der Waals surface area (Å²) in [4.78, 5) is 11.4. The Morgan fingerprint density at radius 2 is 2.21 bits per heavy atom. The fraction of sp³-hybridized carbons (Fsp3) is 0.562. The normalized spacial score (nSPS) is 16.4. The number of rotatable bonds is 4. The topological polar surface area (TPSA) is 38.3 Å². The number of fused-ring (bicyclic) bond motifs is 1. The minimum Gasteiger partial charge on any atom is -0.466 e. The van der Waals surface area contributed by atoms with Gasteiger partial charge in [0.15, 0.2) is 0 Å². The van der Waals surface area contributed by atoms with Crippen molar-refractivity contribution in [3.63, 3.8) is 0 Å². The predicted molar refractivity (Wildman–Crippen MR) is 77.4 cm³/mol. The van der Waals surface area contributed by atoms with Gasteiger partial charge in [-0.05, 0) is 42.4 Å². The molecule has 0 amide bonds. The maximum atomic E-state index is 11.4. The van der Waals surface area contributed by atoms with Gasteiger partial charge in [0.25, 0.3) is 0 Å². The maximum Gasteiger partial charge on any atom is 0.306 e. The van der Waals surface area contributed by atoms with Crippen molar-refractivity contribution in [2.45, 2.75) is 40.0 Å². The molecule has 2 rings (SSSR count). The number of ether oxygens (including phenoxy) is 1. The van der Waals surface area contributed by atoms with E-state index in [-0.39, 0.29) is 5.97 Å². The molecular weight excluding hydrogens is 238 g/mol. The van der Waals surface area contributed by atoms with Crippen molar-refractivity contribution in [3.05, 3.63) is 29.3 Å². The van der Waals surface area contributed by atoms with Crippen LogP contribution in [0, 0.1) is 5.41 Å². The minimum atomic E-state index is -0.112. The number of hydrogen-bond acceptors (Lipinski definition) is 3. The van der Waals surface area contributed by atoms with Crippen LogP contribution in [0.2, 0.25) is 0 Å². The van der Waals surface area contributed by atoms with Crippen LogP contribution in [0.3, 0.4) is 0 Å². The van der Waals surface area contributed by atoms with Crippen molar-refractivity contribution in [2.24, 2.45) is 5.41 Å². The summed E-state index contributed by atoms with van der Waals surface area (Å²) in [6, 6.07) is 6.46. The van der Waals surface area contributed by atoms with Crippen molar-refractivity contribution in [2.75, 3.05) is 18.5 Å². The molecule has 0 spiro atoms. The molecule has 3 nitrogen and oxygen atoms in total. The standard InChI is InChI=1S/C16H23NO2/c1-4-19-15(18)8-6-12-5-7-14-13(9-12)10-16(2,3)11-17-14/h5,7,9,17H,4,6,8,10-11H2,1-3H3. The van der Waals surface area contributed by atoms with E-state index in [9.17, 15) is 4.79 Å². The van der Waals surface area contributed by atoms with E-state index in [0.29, 0.717) is 18.4 Å². The lowest BCUT2D eigenvalue weighted by Crippen LogP contribution is -2.30. The summed E-state index contributed by atoms with van der Waals surface area (Å²) in [6.07, 6.45) is 2.30. The van der Waals surface area contributed by atoms with Crippen LogP contribution in [-0.4, -0.2) is 19.1 Å². The summed E-state index contributed by atoms with van der Waals surface area (Å²) in [7, 11) is 0. The SMILES string of the molecule is CCOC(=O)CCc1ccc2c(c1)CC(C)(C)CN2. The van der Waals surface area contributed by atoms with E-state index in [1.54, 1.807) is 0 Å². The smallest absolute Gasteiger partial charge is 0.306 e.